The van der Waals surface area contributed by atoms with Crippen LogP contribution in [0.2, 0.25) is 0 Å². The molecule has 5 aliphatic rings. The molecule has 1 aromatic heterocycles. The molecule has 5 heterocycles. The van der Waals surface area contributed by atoms with Gasteiger partial charge >= 0.3 is 17.9 Å². The lowest BCUT2D eigenvalue weighted by Crippen LogP contribution is -2.60. The number of hydrogen-bond acceptors (Lipinski definition) is 10. The van der Waals surface area contributed by atoms with Crippen molar-refractivity contribution in [3.05, 3.63) is 83.6 Å². The number of hydrogen-bond donors (Lipinski definition) is 0. The molecule has 57 heavy (non-hydrogen) atoms. The van der Waals surface area contributed by atoms with Gasteiger partial charge in [0.2, 0.25) is 6.73 Å². The maximum atomic E-state index is 14.8. The number of ether oxygens (including phenoxy) is 4. The Morgan fingerprint density at radius 3 is 2.16 bits per heavy atom. The molecule has 4 aliphatic heterocycles. The van der Waals surface area contributed by atoms with E-state index >= 15 is 0 Å². The topological polar surface area (TPSA) is 114 Å². The van der Waals surface area contributed by atoms with E-state index < -0.39 is 35.3 Å². The van der Waals surface area contributed by atoms with E-state index in [1.165, 1.54) is 56.1 Å². The molecule has 5 atom stereocenters. The minimum absolute atomic E-state index is 0.160. The number of aromatic nitrogens is 2. The average Bonchev–Trinajstić information content (AvgIpc) is 3.57. The van der Waals surface area contributed by atoms with E-state index in [1.807, 2.05) is 60.7 Å². The summed E-state index contributed by atoms with van der Waals surface area (Å²) >= 11 is 1.15. The molecule has 0 amide bonds. The third-order valence-corrected chi connectivity index (χ3v) is 14.0. The summed E-state index contributed by atoms with van der Waals surface area (Å²) in [5, 5.41) is 0. The summed E-state index contributed by atoms with van der Waals surface area (Å²) in [6.07, 6.45) is 14.0. The van der Waals surface area contributed by atoms with E-state index in [0.717, 1.165) is 61.6 Å². The molecule has 8 rings (SSSR count). The van der Waals surface area contributed by atoms with Gasteiger partial charge in [-0.2, -0.15) is 4.37 Å². The molecular formula is C45H58N4O7S+2. The lowest BCUT2D eigenvalue weighted by Gasteiger charge is -2.47. The fraction of sp³-hybridized carbons (Fsp3) is 0.578. The number of nitrogens with zero attached hydrogens (tertiary/aromatic N) is 4. The minimum Gasteiger partial charge on any atom is -0.475 e. The first kappa shape index (κ1) is 39.7. The first-order valence-corrected chi connectivity index (χ1v) is 22.0. The summed E-state index contributed by atoms with van der Waals surface area (Å²) in [4.78, 5) is 42.5. The Labute approximate surface area is 340 Å². The van der Waals surface area contributed by atoms with E-state index in [1.54, 1.807) is 0 Å². The highest BCUT2D eigenvalue weighted by Gasteiger charge is 2.59. The fourth-order valence-electron chi connectivity index (χ4n) is 10.3. The van der Waals surface area contributed by atoms with E-state index in [-0.39, 0.29) is 12.8 Å². The van der Waals surface area contributed by atoms with Crippen molar-refractivity contribution in [1.29, 1.82) is 0 Å². The maximum Gasteiger partial charge on any atom is 0.360 e. The standard InChI is InChI=1S/C45H58N4O7S/c1-3-4-5-14-26-53-41-40(46-57-47-41)32-16-15-23-48(2,30-32)31-54-42(50)38-29-39(38)43(51)56-45(33-17-8-6-9-18-33,34-19-10-7-11-20-34)44(52)55-37-27-35-21-22-36(28-37)49(35)24-12-13-25-49/h6-11,16-20,35-39H,3-5,12-15,21-31H2,1-2H3/q+2/t35?,36?,37?,38-,39+,48?/m1/s1. The minimum atomic E-state index is -1.83. The lowest BCUT2D eigenvalue weighted by atomic mass is 9.85. The molecule has 3 unspecified atom stereocenters. The van der Waals surface area contributed by atoms with Gasteiger partial charge in [-0.3, -0.25) is 14.1 Å². The van der Waals surface area contributed by atoms with Gasteiger partial charge in [0, 0.05) is 61.6 Å². The van der Waals surface area contributed by atoms with Crippen LogP contribution in [0.1, 0.15) is 101 Å². The fourth-order valence-corrected chi connectivity index (χ4v) is 10.8. The van der Waals surface area contributed by atoms with Gasteiger partial charge in [0.1, 0.15) is 18.3 Å². The van der Waals surface area contributed by atoms with Crippen molar-refractivity contribution in [2.75, 3.05) is 46.6 Å². The van der Waals surface area contributed by atoms with Crippen molar-refractivity contribution in [1.82, 2.24) is 8.75 Å². The van der Waals surface area contributed by atoms with Crippen LogP contribution in [-0.4, -0.2) is 100 Å². The van der Waals surface area contributed by atoms with Crippen molar-refractivity contribution in [3.63, 3.8) is 0 Å². The Morgan fingerprint density at radius 2 is 1.49 bits per heavy atom. The van der Waals surface area contributed by atoms with Crippen LogP contribution < -0.4 is 4.74 Å². The highest BCUT2D eigenvalue weighted by molar-refractivity contribution is 6.99. The number of benzene rings is 2. The number of carbonyl (C=O) groups excluding carboxylic acids is 3. The van der Waals surface area contributed by atoms with E-state index in [9.17, 15) is 14.4 Å². The van der Waals surface area contributed by atoms with Crippen molar-refractivity contribution >= 4 is 35.2 Å². The number of quaternary nitrogens is 2. The van der Waals surface area contributed by atoms with Gasteiger partial charge in [-0.1, -0.05) is 92.9 Å². The van der Waals surface area contributed by atoms with Crippen molar-refractivity contribution < 1.29 is 42.3 Å². The quantitative estimate of drug-likeness (QED) is 0.0643. The molecule has 1 spiro atoms. The normalized spacial score (nSPS) is 27.4. The molecule has 0 radical (unpaired) electrons. The zero-order valence-electron chi connectivity index (χ0n) is 33.5. The molecule has 0 N–H and O–H groups in total. The Balaban J connectivity index is 0.928. The first-order chi connectivity index (χ1) is 27.7. The third-order valence-electron chi connectivity index (χ3n) is 13.5. The van der Waals surface area contributed by atoms with Crippen LogP contribution in [-0.2, 0) is 34.2 Å². The molecule has 4 fully saturated rings. The van der Waals surface area contributed by atoms with Gasteiger partial charge < -0.3 is 23.4 Å². The van der Waals surface area contributed by atoms with Crippen LogP contribution in [0.15, 0.2) is 66.7 Å². The van der Waals surface area contributed by atoms with E-state index in [4.69, 9.17) is 18.9 Å². The van der Waals surface area contributed by atoms with Crippen LogP contribution in [0, 0.1) is 11.8 Å². The summed E-state index contributed by atoms with van der Waals surface area (Å²) in [6, 6.07) is 19.4. The number of carbonyl (C=O) groups is 3. The van der Waals surface area contributed by atoms with Gasteiger partial charge in [0.05, 0.1) is 68.9 Å². The zero-order chi connectivity index (χ0) is 39.5. The Bertz CT molecular complexity index is 1860. The SMILES string of the molecule is CCCCCCOc1nsnc1C1=CCC[N+](C)(COC(=O)[C@@H]2C[C@@H]2C(=O)OC(C(=O)OC2CC3CCC(C2)[N+]32CCCC2)(c2ccccc2)c2ccccc2)C1. The molecule has 3 aromatic rings. The molecule has 11 nitrogen and oxygen atoms in total. The van der Waals surface area contributed by atoms with Crippen LogP contribution in [0.3, 0.4) is 0 Å². The number of unbranched alkanes of at least 4 members (excludes halogenated alkanes) is 3. The highest BCUT2D eigenvalue weighted by Crippen LogP contribution is 2.48. The van der Waals surface area contributed by atoms with Gasteiger partial charge in [-0.25, -0.2) is 4.79 Å². The van der Waals surface area contributed by atoms with Gasteiger partial charge in [0.25, 0.3) is 11.5 Å². The number of rotatable bonds is 16. The molecule has 2 aromatic carbocycles. The van der Waals surface area contributed by atoms with Crippen LogP contribution in [0.25, 0.3) is 5.57 Å². The van der Waals surface area contributed by atoms with Crippen molar-refractivity contribution in [2.24, 2.45) is 11.8 Å². The second-order valence-electron chi connectivity index (χ2n) is 17.4. The number of piperidine rings is 1. The highest BCUT2D eigenvalue weighted by atomic mass is 32.1. The monoisotopic (exact) mass is 798 g/mol. The number of likely N-dealkylation sites (N-methyl/N-ethyl adjacent to an activating group) is 1. The molecule has 3 saturated heterocycles. The zero-order valence-corrected chi connectivity index (χ0v) is 34.3. The van der Waals surface area contributed by atoms with Gasteiger partial charge in [-0.05, 0) is 12.8 Å². The molecular weight excluding hydrogens is 741 g/mol. The maximum absolute atomic E-state index is 14.8. The van der Waals surface area contributed by atoms with Crippen LogP contribution >= 0.6 is 11.7 Å². The van der Waals surface area contributed by atoms with E-state index in [0.29, 0.717) is 53.1 Å². The second kappa shape index (κ2) is 17.0. The van der Waals surface area contributed by atoms with Gasteiger partial charge in [0.15, 0.2) is 0 Å². The Kier molecular flexibility index (Phi) is 11.8. The summed E-state index contributed by atoms with van der Waals surface area (Å²) in [5.74, 6) is -2.41. The van der Waals surface area contributed by atoms with E-state index in [2.05, 4.69) is 28.8 Å². The van der Waals surface area contributed by atoms with Crippen LogP contribution in [0.4, 0.5) is 0 Å². The average molecular weight is 799 g/mol. The largest absolute Gasteiger partial charge is 0.475 e. The third kappa shape index (κ3) is 8.14. The van der Waals surface area contributed by atoms with Crippen LogP contribution in [0.5, 0.6) is 5.88 Å². The smallest absolute Gasteiger partial charge is 0.360 e. The summed E-state index contributed by atoms with van der Waals surface area (Å²) in [5.41, 5.74) is 1.01. The van der Waals surface area contributed by atoms with Crippen molar-refractivity contribution in [3.8, 4) is 5.88 Å². The summed E-state index contributed by atoms with van der Waals surface area (Å²) < 4.78 is 35.5. The Hall–Kier alpha value is -4.13. The predicted molar refractivity (Wildman–Crippen MR) is 216 cm³/mol. The van der Waals surface area contributed by atoms with Crippen molar-refractivity contribution in [2.45, 2.75) is 108 Å². The second-order valence-corrected chi connectivity index (χ2v) is 17.9. The summed E-state index contributed by atoms with van der Waals surface area (Å²) in [7, 11) is 2.06. The number of esters is 3. The summed E-state index contributed by atoms with van der Waals surface area (Å²) in [6.45, 7) is 6.82. The molecule has 2 bridgehead atoms. The molecule has 1 aliphatic carbocycles. The molecule has 12 heteroatoms. The van der Waals surface area contributed by atoms with Gasteiger partial charge in [-0.15, -0.1) is 4.37 Å². The lowest BCUT2D eigenvalue weighted by molar-refractivity contribution is -0.956. The predicted octanol–water partition coefficient (Wildman–Crippen LogP) is 7.20. The molecule has 304 valence electrons. The first-order valence-electron chi connectivity index (χ1n) is 21.3. The molecule has 1 saturated carbocycles. The Morgan fingerprint density at radius 1 is 0.825 bits per heavy atom.